The Balaban J connectivity index is 1.45. The molecule has 0 unspecified atom stereocenters. The van der Waals surface area contributed by atoms with Crippen LogP contribution in [0.5, 0.6) is 5.75 Å². The van der Waals surface area contributed by atoms with Crippen LogP contribution in [0.1, 0.15) is 45.7 Å². The minimum Gasteiger partial charge on any atom is -0.491 e. The smallest absolute Gasteiger partial charge is 0.255 e. The van der Waals surface area contributed by atoms with E-state index in [0.717, 1.165) is 23.4 Å². The Bertz CT molecular complexity index is 1080. The Labute approximate surface area is 182 Å². The van der Waals surface area contributed by atoms with E-state index in [4.69, 9.17) is 4.74 Å². The predicted molar refractivity (Wildman–Crippen MR) is 121 cm³/mol. The van der Waals surface area contributed by atoms with Gasteiger partial charge in [-0.2, -0.15) is 0 Å². The van der Waals surface area contributed by atoms with Gasteiger partial charge in [-0.05, 0) is 79.9 Å². The van der Waals surface area contributed by atoms with Gasteiger partial charge in [-0.25, -0.2) is 0 Å². The van der Waals surface area contributed by atoms with Crippen LogP contribution in [0.2, 0.25) is 0 Å². The summed E-state index contributed by atoms with van der Waals surface area (Å²) in [5.74, 6) is 0.594. The standard InChI is InChI=1S/C26H26N2O3/c1-18(2)31-24-12-9-20(10-13-24)25(29)27-23-11-8-19-14-15-28(17-22(19)16-23)26(30)21-6-4-3-5-7-21/h3-13,16,18H,14-15,17H2,1-2H3,(H,27,29). The number of fused-ring (bicyclic) bond motifs is 1. The number of hydrogen-bond donors (Lipinski definition) is 1. The van der Waals surface area contributed by atoms with Gasteiger partial charge < -0.3 is 15.0 Å². The number of carbonyl (C=O) groups excluding carboxylic acids is 2. The number of rotatable bonds is 5. The number of hydrogen-bond acceptors (Lipinski definition) is 3. The highest BCUT2D eigenvalue weighted by Crippen LogP contribution is 2.24. The molecule has 0 saturated heterocycles. The summed E-state index contributed by atoms with van der Waals surface area (Å²) >= 11 is 0. The van der Waals surface area contributed by atoms with Crippen LogP contribution in [0, 0.1) is 0 Å². The highest BCUT2D eigenvalue weighted by molar-refractivity contribution is 6.04. The fourth-order valence-electron chi connectivity index (χ4n) is 3.73. The minimum atomic E-state index is -0.177. The maximum Gasteiger partial charge on any atom is 0.255 e. The number of anilines is 1. The summed E-state index contributed by atoms with van der Waals surface area (Å²) in [6.07, 6.45) is 0.892. The summed E-state index contributed by atoms with van der Waals surface area (Å²) in [4.78, 5) is 27.3. The topological polar surface area (TPSA) is 58.6 Å². The van der Waals surface area contributed by atoms with E-state index in [-0.39, 0.29) is 17.9 Å². The largest absolute Gasteiger partial charge is 0.491 e. The molecule has 1 aliphatic heterocycles. The van der Waals surface area contributed by atoms with Crippen LogP contribution in [0.15, 0.2) is 72.8 Å². The number of carbonyl (C=O) groups is 2. The summed E-state index contributed by atoms with van der Waals surface area (Å²) in [6, 6.07) is 22.4. The maximum atomic E-state index is 12.8. The van der Waals surface area contributed by atoms with E-state index in [0.29, 0.717) is 24.2 Å². The summed E-state index contributed by atoms with van der Waals surface area (Å²) in [7, 11) is 0. The van der Waals surface area contributed by atoms with Crippen molar-refractivity contribution in [2.45, 2.75) is 32.9 Å². The van der Waals surface area contributed by atoms with Crippen molar-refractivity contribution in [3.05, 3.63) is 95.1 Å². The molecule has 1 N–H and O–H groups in total. The first-order valence-corrected chi connectivity index (χ1v) is 10.5. The number of nitrogens with one attached hydrogen (secondary N) is 1. The zero-order valence-electron chi connectivity index (χ0n) is 17.8. The van der Waals surface area contributed by atoms with Gasteiger partial charge in [-0.1, -0.05) is 24.3 Å². The number of benzene rings is 3. The molecule has 0 bridgehead atoms. The van der Waals surface area contributed by atoms with Crippen LogP contribution in [-0.2, 0) is 13.0 Å². The van der Waals surface area contributed by atoms with Crippen LogP contribution in [0.25, 0.3) is 0 Å². The molecule has 2 amide bonds. The highest BCUT2D eigenvalue weighted by atomic mass is 16.5. The zero-order chi connectivity index (χ0) is 21.8. The molecule has 0 saturated carbocycles. The van der Waals surface area contributed by atoms with Gasteiger partial charge in [0, 0.05) is 29.9 Å². The molecule has 3 aromatic rings. The average Bonchev–Trinajstić information content (AvgIpc) is 2.78. The second-order valence-electron chi connectivity index (χ2n) is 7.97. The lowest BCUT2D eigenvalue weighted by Crippen LogP contribution is -2.36. The van der Waals surface area contributed by atoms with Gasteiger partial charge in [0.2, 0.25) is 0 Å². The molecule has 5 nitrogen and oxygen atoms in total. The van der Waals surface area contributed by atoms with Gasteiger partial charge in [-0.15, -0.1) is 0 Å². The van der Waals surface area contributed by atoms with Crippen molar-refractivity contribution in [3.8, 4) is 5.75 Å². The third-order valence-corrected chi connectivity index (χ3v) is 5.27. The van der Waals surface area contributed by atoms with Gasteiger partial charge in [0.25, 0.3) is 11.8 Å². The molecular formula is C26H26N2O3. The quantitative estimate of drug-likeness (QED) is 0.644. The lowest BCUT2D eigenvalue weighted by atomic mass is 9.98. The molecule has 1 aliphatic rings. The lowest BCUT2D eigenvalue weighted by molar-refractivity contribution is 0.0734. The number of amides is 2. The first-order valence-electron chi connectivity index (χ1n) is 10.5. The second kappa shape index (κ2) is 9.04. The van der Waals surface area contributed by atoms with Crippen LogP contribution < -0.4 is 10.1 Å². The molecule has 158 valence electrons. The van der Waals surface area contributed by atoms with Crippen LogP contribution in [0.4, 0.5) is 5.69 Å². The Morgan fingerprint density at radius 3 is 2.35 bits per heavy atom. The van der Waals surface area contributed by atoms with Gasteiger partial charge in [-0.3, -0.25) is 9.59 Å². The summed E-state index contributed by atoms with van der Waals surface area (Å²) in [5, 5.41) is 2.96. The molecule has 0 radical (unpaired) electrons. The van der Waals surface area contributed by atoms with E-state index in [1.54, 1.807) is 24.3 Å². The third-order valence-electron chi connectivity index (χ3n) is 5.27. The lowest BCUT2D eigenvalue weighted by Gasteiger charge is -2.29. The first-order chi connectivity index (χ1) is 15.0. The Hall–Kier alpha value is -3.60. The molecular weight excluding hydrogens is 388 g/mol. The Kier molecular flexibility index (Phi) is 6.03. The van der Waals surface area contributed by atoms with Gasteiger partial charge in [0.15, 0.2) is 0 Å². The monoisotopic (exact) mass is 414 g/mol. The fourth-order valence-corrected chi connectivity index (χ4v) is 3.73. The Morgan fingerprint density at radius 1 is 0.903 bits per heavy atom. The van der Waals surface area contributed by atoms with Crippen molar-refractivity contribution < 1.29 is 14.3 Å². The fraction of sp³-hybridized carbons (Fsp3) is 0.231. The van der Waals surface area contributed by atoms with Crippen molar-refractivity contribution in [1.82, 2.24) is 4.90 Å². The van der Waals surface area contributed by atoms with Gasteiger partial charge in [0.05, 0.1) is 6.10 Å². The SMILES string of the molecule is CC(C)Oc1ccc(C(=O)Nc2ccc3c(c2)CN(C(=O)c2ccccc2)CC3)cc1. The zero-order valence-corrected chi connectivity index (χ0v) is 17.8. The van der Waals surface area contributed by atoms with Crippen molar-refractivity contribution in [1.29, 1.82) is 0 Å². The van der Waals surface area contributed by atoms with Crippen molar-refractivity contribution in [2.75, 3.05) is 11.9 Å². The minimum absolute atomic E-state index is 0.0318. The van der Waals surface area contributed by atoms with Crippen molar-refractivity contribution >= 4 is 17.5 Å². The van der Waals surface area contributed by atoms with Crippen molar-refractivity contribution in [2.24, 2.45) is 0 Å². The van der Waals surface area contributed by atoms with Crippen molar-refractivity contribution in [3.63, 3.8) is 0 Å². The summed E-state index contributed by atoms with van der Waals surface area (Å²) < 4.78 is 5.63. The molecule has 0 aliphatic carbocycles. The number of ether oxygens (including phenoxy) is 1. The highest BCUT2D eigenvalue weighted by Gasteiger charge is 2.22. The van der Waals surface area contributed by atoms with Crippen LogP contribution in [0.3, 0.4) is 0 Å². The van der Waals surface area contributed by atoms with Gasteiger partial charge >= 0.3 is 0 Å². The molecule has 31 heavy (non-hydrogen) atoms. The van der Waals surface area contributed by atoms with E-state index in [1.165, 1.54) is 5.56 Å². The molecule has 4 rings (SSSR count). The van der Waals surface area contributed by atoms with E-state index in [9.17, 15) is 9.59 Å². The molecule has 1 heterocycles. The van der Waals surface area contributed by atoms with Crippen LogP contribution in [-0.4, -0.2) is 29.4 Å². The van der Waals surface area contributed by atoms with Crippen LogP contribution >= 0.6 is 0 Å². The molecule has 0 atom stereocenters. The molecule has 0 spiro atoms. The first kappa shape index (κ1) is 20.7. The summed E-state index contributed by atoms with van der Waals surface area (Å²) in [6.45, 7) is 5.15. The second-order valence-corrected chi connectivity index (χ2v) is 7.97. The van der Waals surface area contributed by atoms with E-state index in [1.807, 2.05) is 67.3 Å². The maximum absolute atomic E-state index is 12.8. The normalized spacial score (nSPS) is 12.9. The van der Waals surface area contributed by atoms with E-state index < -0.39 is 0 Å². The molecule has 0 aromatic heterocycles. The molecule has 5 heteroatoms. The molecule has 0 fully saturated rings. The predicted octanol–water partition coefficient (Wildman–Crippen LogP) is 4.92. The Morgan fingerprint density at radius 2 is 1.65 bits per heavy atom. The molecule has 3 aromatic carbocycles. The average molecular weight is 415 g/mol. The number of nitrogens with zero attached hydrogens (tertiary/aromatic N) is 1. The van der Waals surface area contributed by atoms with Gasteiger partial charge in [0.1, 0.15) is 5.75 Å². The third kappa shape index (κ3) is 4.94. The summed E-state index contributed by atoms with van der Waals surface area (Å²) in [5.41, 5.74) is 4.26. The van der Waals surface area contributed by atoms with E-state index in [2.05, 4.69) is 5.32 Å². The van der Waals surface area contributed by atoms with E-state index >= 15 is 0 Å².